The molecule has 1 atom stereocenters. The maximum atomic E-state index is 5.82. The molecule has 0 aliphatic carbocycles. The van der Waals surface area contributed by atoms with Gasteiger partial charge in [-0.1, -0.05) is 18.7 Å². The van der Waals surface area contributed by atoms with Crippen LogP contribution < -0.4 is 0 Å². The van der Waals surface area contributed by atoms with Crippen molar-refractivity contribution in [3.05, 3.63) is 11.8 Å². The van der Waals surface area contributed by atoms with Gasteiger partial charge in [0.1, 0.15) is 0 Å². The first-order valence-corrected chi connectivity index (χ1v) is 5.81. The third kappa shape index (κ3) is 4.09. The smallest absolute Gasteiger partial charge is 0.163 e. The van der Waals surface area contributed by atoms with Crippen LogP contribution in [-0.2, 0) is 0 Å². The molecule has 0 bridgehead atoms. The highest BCUT2D eigenvalue weighted by molar-refractivity contribution is 7.09. The summed E-state index contributed by atoms with van der Waals surface area (Å²) in [5.41, 5.74) is 2.13. The minimum Gasteiger partial charge on any atom is -0.166 e. The number of hydrogen-bond acceptors (Lipinski definition) is 0. The van der Waals surface area contributed by atoms with Gasteiger partial charge in [0.25, 0.3) is 0 Å². The summed E-state index contributed by atoms with van der Waals surface area (Å²) >= 11 is 5.82. The van der Waals surface area contributed by atoms with Crippen molar-refractivity contribution in [2.45, 2.75) is 19.9 Å². The van der Waals surface area contributed by atoms with E-state index in [4.69, 9.17) is 11.1 Å². The molecule has 0 aliphatic rings. The monoisotopic (exact) mass is 134 g/mol. The molecule has 0 fully saturated rings. The molecular formula is C5H11ClSi. The van der Waals surface area contributed by atoms with Crippen molar-refractivity contribution >= 4 is 19.2 Å². The molecule has 0 aromatic rings. The first-order chi connectivity index (χ1) is 3.31. The zero-order valence-electron chi connectivity index (χ0n) is 4.82. The van der Waals surface area contributed by atoms with Gasteiger partial charge in [0.15, 0.2) is 8.11 Å². The maximum Gasteiger partial charge on any atom is 0.163 e. The van der Waals surface area contributed by atoms with Crippen LogP contribution in [0.25, 0.3) is 0 Å². The lowest BCUT2D eigenvalue weighted by Crippen LogP contribution is -1.93. The average molecular weight is 135 g/mol. The van der Waals surface area contributed by atoms with Crippen LogP contribution in [0.3, 0.4) is 0 Å². The van der Waals surface area contributed by atoms with Crippen LogP contribution in [0.5, 0.6) is 0 Å². The van der Waals surface area contributed by atoms with Crippen molar-refractivity contribution in [2.24, 2.45) is 0 Å². The lowest BCUT2D eigenvalue weighted by atomic mass is 10.8. The second-order valence-corrected chi connectivity index (χ2v) is 5.37. The first-order valence-electron chi connectivity index (χ1n) is 2.58. The van der Waals surface area contributed by atoms with Crippen LogP contribution >= 0.6 is 11.1 Å². The molecule has 2 heteroatoms. The van der Waals surface area contributed by atoms with Gasteiger partial charge >= 0.3 is 0 Å². The highest BCUT2D eigenvalue weighted by Gasteiger charge is 1.92. The Morgan fingerprint density at radius 1 is 1.71 bits per heavy atom. The van der Waals surface area contributed by atoms with Gasteiger partial charge in [0, 0.05) is 0 Å². The predicted molar refractivity (Wildman–Crippen MR) is 38.3 cm³/mol. The van der Waals surface area contributed by atoms with E-state index in [2.05, 4.69) is 12.6 Å². The Kier molecular flexibility index (Phi) is 4.56. The molecule has 0 radical (unpaired) electrons. The molecule has 7 heavy (non-hydrogen) atoms. The molecule has 1 unspecified atom stereocenters. The first kappa shape index (κ1) is 7.25. The Morgan fingerprint density at radius 2 is 2.29 bits per heavy atom. The topological polar surface area (TPSA) is 0 Å². The van der Waals surface area contributed by atoms with E-state index in [9.17, 15) is 0 Å². The Hall–Kier alpha value is 0.247. The predicted octanol–water partition coefficient (Wildman–Crippen LogP) is 2.08. The number of allylic oxidation sites excluding steroid dienone is 1. The minimum absolute atomic E-state index is 0.890. The summed E-state index contributed by atoms with van der Waals surface area (Å²) < 4.78 is 0. The molecule has 0 rings (SSSR count). The standard InChI is InChI=1S/C5H11ClSi/c1-3-5-7(6)4-2/h3,5,7H,4H2,1-2H3. The van der Waals surface area contributed by atoms with Crippen LogP contribution in [0.1, 0.15) is 13.8 Å². The van der Waals surface area contributed by atoms with Crippen LogP contribution in [-0.4, -0.2) is 8.11 Å². The molecule has 0 aliphatic heterocycles. The maximum absolute atomic E-state index is 5.82. The number of hydrogen-bond donors (Lipinski definition) is 0. The molecule has 0 saturated heterocycles. The molecule has 0 heterocycles. The fraction of sp³-hybridized carbons (Fsp3) is 0.600. The van der Waals surface area contributed by atoms with E-state index in [0.29, 0.717) is 0 Å². The Labute approximate surface area is 51.5 Å². The Morgan fingerprint density at radius 3 is 2.43 bits per heavy atom. The molecule has 0 N–H and O–H groups in total. The normalized spacial score (nSPS) is 15.3. The van der Waals surface area contributed by atoms with Crippen molar-refractivity contribution in [3.8, 4) is 0 Å². The second kappa shape index (κ2) is 4.41. The fourth-order valence-electron chi connectivity index (χ4n) is 0.345. The zero-order chi connectivity index (χ0) is 5.70. The summed E-state index contributed by atoms with van der Waals surface area (Å²) in [6.45, 7) is 4.14. The van der Waals surface area contributed by atoms with Gasteiger partial charge in [-0.3, -0.25) is 0 Å². The number of rotatable bonds is 2. The summed E-state index contributed by atoms with van der Waals surface area (Å²) in [6.07, 6.45) is 2.04. The van der Waals surface area contributed by atoms with Crippen LogP contribution in [0, 0.1) is 0 Å². The van der Waals surface area contributed by atoms with Crippen LogP contribution in [0.2, 0.25) is 6.04 Å². The van der Waals surface area contributed by atoms with Crippen LogP contribution in [0.15, 0.2) is 11.8 Å². The SMILES string of the molecule is CC=C[SiH](Cl)CC. The van der Waals surface area contributed by atoms with E-state index >= 15 is 0 Å². The lowest BCUT2D eigenvalue weighted by molar-refractivity contribution is 1.45. The largest absolute Gasteiger partial charge is 0.166 e. The van der Waals surface area contributed by atoms with Gasteiger partial charge in [0.2, 0.25) is 0 Å². The van der Waals surface area contributed by atoms with Crippen molar-refractivity contribution in [1.29, 1.82) is 0 Å². The summed E-state index contributed by atoms with van der Waals surface area (Å²) in [5.74, 6) is 0. The van der Waals surface area contributed by atoms with Gasteiger partial charge in [0.05, 0.1) is 0 Å². The minimum atomic E-state index is -0.890. The molecule has 0 amide bonds. The summed E-state index contributed by atoms with van der Waals surface area (Å²) in [5, 5.41) is 0. The zero-order valence-corrected chi connectivity index (χ0v) is 6.73. The molecule has 0 aromatic carbocycles. The second-order valence-electron chi connectivity index (χ2n) is 1.45. The van der Waals surface area contributed by atoms with E-state index in [1.165, 1.54) is 0 Å². The molecule has 0 saturated carbocycles. The van der Waals surface area contributed by atoms with Gasteiger partial charge in [-0.15, -0.1) is 0 Å². The van der Waals surface area contributed by atoms with E-state index in [1.54, 1.807) is 0 Å². The van der Waals surface area contributed by atoms with Crippen molar-refractivity contribution < 1.29 is 0 Å². The number of halogens is 1. The van der Waals surface area contributed by atoms with Gasteiger partial charge in [-0.05, 0) is 13.0 Å². The Bertz CT molecular complexity index is 61.1. The molecule has 0 aromatic heterocycles. The van der Waals surface area contributed by atoms with Crippen molar-refractivity contribution in [2.75, 3.05) is 0 Å². The van der Waals surface area contributed by atoms with Crippen molar-refractivity contribution in [3.63, 3.8) is 0 Å². The fourth-order valence-corrected chi connectivity index (χ4v) is 1.47. The molecule has 0 spiro atoms. The molecule has 0 nitrogen and oxygen atoms in total. The van der Waals surface area contributed by atoms with E-state index < -0.39 is 8.11 Å². The summed E-state index contributed by atoms with van der Waals surface area (Å²) in [6, 6.07) is 1.16. The average Bonchev–Trinajstić information content (AvgIpc) is 1.68. The third-order valence-electron chi connectivity index (χ3n) is 0.791. The van der Waals surface area contributed by atoms with Crippen LogP contribution in [0.4, 0.5) is 0 Å². The summed E-state index contributed by atoms with van der Waals surface area (Å²) in [7, 11) is -0.890. The van der Waals surface area contributed by atoms with E-state index in [1.807, 2.05) is 13.0 Å². The van der Waals surface area contributed by atoms with E-state index in [0.717, 1.165) is 6.04 Å². The summed E-state index contributed by atoms with van der Waals surface area (Å²) in [4.78, 5) is 0. The highest BCUT2D eigenvalue weighted by atomic mass is 35.6. The van der Waals surface area contributed by atoms with E-state index in [-0.39, 0.29) is 0 Å². The lowest BCUT2D eigenvalue weighted by Gasteiger charge is -1.89. The van der Waals surface area contributed by atoms with Crippen molar-refractivity contribution in [1.82, 2.24) is 0 Å². The molecular weight excluding hydrogens is 124 g/mol. The quantitative estimate of drug-likeness (QED) is 0.401. The molecule has 42 valence electrons. The van der Waals surface area contributed by atoms with Gasteiger partial charge in [-0.2, -0.15) is 11.1 Å². The third-order valence-corrected chi connectivity index (χ3v) is 3.74. The van der Waals surface area contributed by atoms with Gasteiger partial charge < -0.3 is 0 Å². The highest BCUT2D eigenvalue weighted by Crippen LogP contribution is 1.96. The van der Waals surface area contributed by atoms with Gasteiger partial charge in [-0.25, -0.2) is 0 Å². The Balaban J connectivity index is 3.16.